The maximum Gasteiger partial charge on any atom is 0.123 e. The number of hydrogen-bond donors (Lipinski definition) is 2. The highest BCUT2D eigenvalue weighted by Crippen LogP contribution is 2.30. The fraction of sp³-hybridized carbons (Fsp3) is 0.222. The highest BCUT2D eigenvalue weighted by Gasteiger charge is 2.20. The zero-order valence-electron chi connectivity index (χ0n) is 18.2. The lowest BCUT2D eigenvalue weighted by Crippen LogP contribution is -2.25. The van der Waals surface area contributed by atoms with Crippen LogP contribution < -0.4 is 4.74 Å². The van der Waals surface area contributed by atoms with E-state index in [1.165, 1.54) is 12.1 Å². The van der Waals surface area contributed by atoms with Crippen molar-refractivity contribution >= 4 is 0 Å². The number of halogens is 1. The molecule has 0 aliphatic carbocycles. The van der Waals surface area contributed by atoms with Crippen LogP contribution >= 0.6 is 0 Å². The fourth-order valence-corrected chi connectivity index (χ4v) is 4.30. The molecular formula is C27H26FN3O2. The molecule has 0 saturated carbocycles. The third-order valence-electron chi connectivity index (χ3n) is 6.04. The Kier molecular flexibility index (Phi) is 6.19. The largest absolute Gasteiger partial charge is 0.492 e. The first-order chi connectivity index (χ1) is 16.2. The molecule has 2 N–H and O–H groups in total. The lowest BCUT2D eigenvalue weighted by molar-refractivity contribution is 0.178. The van der Waals surface area contributed by atoms with Crippen molar-refractivity contribution in [3.05, 3.63) is 107 Å². The summed E-state index contributed by atoms with van der Waals surface area (Å²) in [5.74, 6) is 0.602. The summed E-state index contributed by atoms with van der Waals surface area (Å²) >= 11 is 0. The zero-order chi connectivity index (χ0) is 22.6. The Morgan fingerprint density at radius 1 is 1.06 bits per heavy atom. The fourth-order valence-electron chi connectivity index (χ4n) is 4.30. The van der Waals surface area contributed by atoms with Gasteiger partial charge in [-0.1, -0.05) is 36.4 Å². The molecule has 1 aromatic heterocycles. The molecule has 0 radical (unpaired) electrons. The van der Waals surface area contributed by atoms with Gasteiger partial charge in [-0.15, -0.1) is 0 Å². The van der Waals surface area contributed by atoms with Gasteiger partial charge >= 0.3 is 0 Å². The number of hydrogen-bond acceptors (Lipinski definition) is 4. The molecule has 0 saturated heterocycles. The molecule has 1 aliphatic heterocycles. The molecule has 5 rings (SSSR count). The first kappa shape index (κ1) is 21.4. The molecule has 0 unspecified atom stereocenters. The number of H-pyrrole nitrogens is 1. The Labute approximate surface area is 192 Å². The molecule has 5 nitrogen and oxygen atoms in total. The minimum absolute atomic E-state index is 0.258. The molecule has 33 heavy (non-hydrogen) atoms. The van der Waals surface area contributed by atoms with Crippen LogP contribution in [0.4, 0.5) is 4.39 Å². The van der Waals surface area contributed by atoms with Gasteiger partial charge in [-0.25, -0.2) is 4.39 Å². The lowest BCUT2D eigenvalue weighted by atomic mass is 9.99. The Morgan fingerprint density at radius 2 is 1.88 bits per heavy atom. The highest BCUT2D eigenvalue weighted by atomic mass is 19.1. The molecular weight excluding hydrogens is 417 g/mol. The maximum atomic E-state index is 13.3. The minimum Gasteiger partial charge on any atom is -0.492 e. The van der Waals surface area contributed by atoms with Crippen LogP contribution in [-0.4, -0.2) is 33.4 Å². The van der Waals surface area contributed by atoms with Crippen LogP contribution in [0, 0.1) is 5.82 Å². The van der Waals surface area contributed by atoms with Crippen LogP contribution in [0.15, 0.2) is 79.0 Å². The summed E-state index contributed by atoms with van der Waals surface area (Å²) in [5, 5.41) is 18.1. The van der Waals surface area contributed by atoms with E-state index in [-0.39, 0.29) is 5.82 Å². The number of rotatable bonds is 6. The minimum atomic E-state index is -0.576. The van der Waals surface area contributed by atoms with Crippen molar-refractivity contribution in [3.63, 3.8) is 0 Å². The van der Waals surface area contributed by atoms with Crippen molar-refractivity contribution in [2.45, 2.75) is 25.6 Å². The standard InChI is InChI=1S/C27H26FN3O2/c28-24-9-6-20(7-10-24)27-23(16-29-30-27)18-31-12-13-33-26-11-8-21(15-22(26)17-31)25(32)14-19-4-2-1-3-5-19/h1-11,15-16,25,32H,12-14,17-18H2,(H,29,30)/t25-/m1/s1. The van der Waals surface area contributed by atoms with Gasteiger partial charge < -0.3 is 9.84 Å². The van der Waals surface area contributed by atoms with E-state index in [9.17, 15) is 9.50 Å². The zero-order valence-corrected chi connectivity index (χ0v) is 18.2. The predicted octanol–water partition coefficient (Wildman–Crippen LogP) is 4.89. The van der Waals surface area contributed by atoms with Crippen molar-refractivity contribution in [1.82, 2.24) is 15.1 Å². The van der Waals surface area contributed by atoms with Crippen LogP contribution in [0.2, 0.25) is 0 Å². The monoisotopic (exact) mass is 443 g/mol. The van der Waals surface area contributed by atoms with Gasteiger partial charge in [-0.05, 0) is 47.5 Å². The molecule has 2 heterocycles. The van der Waals surface area contributed by atoms with E-state index in [4.69, 9.17) is 4.74 Å². The first-order valence-electron chi connectivity index (χ1n) is 11.1. The van der Waals surface area contributed by atoms with E-state index < -0.39 is 6.10 Å². The summed E-state index contributed by atoms with van der Waals surface area (Å²) in [7, 11) is 0. The molecule has 0 spiro atoms. The molecule has 3 aromatic carbocycles. The van der Waals surface area contributed by atoms with Crippen molar-refractivity contribution in [3.8, 4) is 17.0 Å². The average Bonchev–Trinajstić information content (AvgIpc) is 3.19. The molecule has 1 aliphatic rings. The van der Waals surface area contributed by atoms with Crippen LogP contribution in [0.5, 0.6) is 5.75 Å². The lowest BCUT2D eigenvalue weighted by Gasteiger charge is -2.20. The quantitative estimate of drug-likeness (QED) is 0.446. The van der Waals surface area contributed by atoms with Gasteiger partial charge in [0.2, 0.25) is 0 Å². The smallest absolute Gasteiger partial charge is 0.123 e. The van der Waals surface area contributed by atoms with Gasteiger partial charge in [0.15, 0.2) is 0 Å². The van der Waals surface area contributed by atoms with Crippen LogP contribution in [0.1, 0.15) is 28.4 Å². The summed E-state index contributed by atoms with van der Waals surface area (Å²) in [4.78, 5) is 2.30. The molecule has 4 aromatic rings. The van der Waals surface area contributed by atoms with Gasteiger partial charge in [-0.2, -0.15) is 5.10 Å². The summed E-state index contributed by atoms with van der Waals surface area (Å²) in [6.07, 6.45) is 1.82. The van der Waals surface area contributed by atoms with Gasteiger partial charge in [-0.3, -0.25) is 10.00 Å². The molecule has 1 atom stereocenters. The average molecular weight is 444 g/mol. The second-order valence-electron chi connectivity index (χ2n) is 8.41. The van der Waals surface area contributed by atoms with Crippen molar-refractivity contribution < 1.29 is 14.2 Å². The summed E-state index contributed by atoms with van der Waals surface area (Å²) in [5.41, 5.74) is 5.90. The second kappa shape index (κ2) is 9.57. The molecule has 0 bridgehead atoms. The van der Waals surface area contributed by atoms with Crippen LogP contribution in [0.3, 0.4) is 0 Å². The Morgan fingerprint density at radius 3 is 2.70 bits per heavy atom. The number of aromatic nitrogens is 2. The van der Waals surface area contributed by atoms with Crippen molar-refractivity contribution in [1.29, 1.82) is 0 Å². The van der Waals surface area contributed by atoms with Crippen LogP contribution in [0.25, 0.3) is 11.3 Å². The maximum absolute atomic E-state index is 13.3. The number of nitrogens with one attached hydrogen (secondary N) is 1. The van der Waals surface area contributed by atoms with Gasteiger partial charge in [0.1, 0.15) is 18.2 Å². The Hall–Kier alpha value is -3.48. The third-order valence-corrected chi connectivity index (χ3v) is 6.04. The van der Waals surface area contributed by atoms with Crippen molar-refractivity contribution in [2.75, 3.05) is 13.2 Å². The van der Waals surface area contributed by atoms with Gasteiger partial charge in [0.05, 0.1) is 18.0 Å². The Balaban J connectivity index is 1.33. The topological polar surface area (TPSA) is 61.4 Å². The molecule has 6 heteroatoms. The van der Waals surface area contributed by atoms with Gasteiger partial charge in [0, 0.05) is 42.7 Å². The number of aliphatic hydroxyl groups excluding tert-OH is 1. The number of aromatic amines is 1. The molecule has 0 fully saturated rings. The summed E-state index contributed by atoms with van der Waals surface area (Å²) < 4.78 is 19.3. The van der Waals surface area contributed by atoms with E-state index in [1.807, 2.05) is 48.7 Å². The molecule has 168 valence electrons. The third kappa shape index (κ3) is 4.97. The molecule has 0 amide bonds. The van der Waals surface area contributed by atoms with Crippen molar-refractivity contribution in [2.24, 2.45) is 0 Å². The second-order valence-corrected chi connectivity index (χ2v) is 8.41. The SMILES string of the molecule is O[C@H](Cc1ccccc1)c1ccc2c(c1)CN(Cc1cn[nH]c1-c1ccc(F)cc1)CCO2. The van der Waals surface area contributed by atoms with E-state index in [2.05, 4.69) is 21.2 Å². The van der Waals surface area contributed by atoms with Crippen LogP contribution in [-0.2, 0) is 19.5 Å². The number of nitrogens with zero attached hydrogens (tertiary/aromatic N) is 2. The van der Waals surface area contributed by atoms with E-state index in [0.29, 0.717) is 26.1 Å². The highest BCUT2D eigenvalue weighted by molar-refractivity contribution is 5.62. The van der Waals surface area contributed by atoms with E-state index in [0.717, 1.165) is 45.8 Å². The number of ether oxygens (including phenoxy) is 1. The first-order valence-corrected chi connectivity index (χ1v) is 11.1. The Bertz CT molecular complexity index is 1210. The number of fused-ring (bicyclic) bond motifs is 1. The van der Waals surface area contributed by atoms with E-state index in [1.54, 1.807) is 12.1 Å². The number of aliphatic hydroxyl groups is 1. The van der Waals surface area contributed by atoms with E-state index >= 15 is 0 Å². The predicted molar refractivity (Wildman–Crippen MR) is 125 cm³/mol. The van der Waals surface area contributed by atoms with Gasteiger partial charge in [0.25, 0.3) is 0 Å². The summed E-state index contributed by atoms with van der Waals surface area (Å²) in [6, 6.07) is 22.4. The normalized spacial score (nSPS) is 14.8. The summed E-state index contributed by atoms with van der Waals surface area (Å²) in [6.45, 7) is 2.74. The number of benzene rings is 3.